The number of halogens is 3. The molecular weight excluding hydrogens is 319 g/mol. The summed E-state index contributed by atoms with van der Waals surface area (Å²) in [6, 6.07) is 10.2. The van der Waals surface area contributed by atoms with Crippen molar-refractivity contribution >= 4 is 11.7 Å². The molecule has 0 aliphatic carbocycles. The van der Waals surface area contributed by atoms with Gasteiger partial charge in [0.05, 0.1) is 5.56 Å². The molecule has 126 valence electrons. The van der Waals surface area contributed by atoms with E-state index in [0.29, 0.717) is 26.2 Å². The van der Waals surface area contributed by atoms with E-state index >= 15 is 0 Å². The van der Waals surface area contributed by atoms with Crippen molar-refractivity contribution in [2.75, 3.05) is 31.1 Å². The Kier molecular flexibility index (Phi) is 4.42. The lowest BCUT2D eigenvalue weighted by molar-refractivity contribution is -0.137. The molecule has 0 spiro atoms. The maximum atomic E-state index is 12.8. The van der Waals surface area contributed by atoms with Crippen LogP contribution in [0.3, 0.4) is 0 Å². The quantitative estimate of drug-likeness (QED) is 0.846. The number of aromatic nitrogens is 1. The topological polar surface area (TPSA) is 36.4 Å². The second kappa shape index (κ2) is 6.51. The number of carbonyl (C=O) groups excluding carboxylic acids is 1. The molecule has 2 heterocycles. The molecule has 0 radical (unpaired) electrons. The average molecular weight is 335 g/mol. The standard InChI is InChI=1S/C17H16F3N3O/c18-17(19,20)14-5-3-4-13(12-14)16(24)23-10-8-22(9-11-23)15-6-1-2-7-21-15/h1-7,12H,8-11H2. The van der Waals surface area contributed by atoms with Crippen LogP contribution >= 0.6 is 0 Å². The number of hydrogen-bond donors (Lipinski definition) is 0. The Morgan fingerprint density at radius 3 is 2.38 bits per heavy atom. The molecule has 0 atom stereocenters. The number of benzene rings is 1. The molecule has 1 fully saturated rings. The van der Waals surface area contributed by atoms with Crippen LogP contribution in [-0.4, -0.2) is 42.0 Å². The van der Waals surface area contributed by atoms with Gasteiger partial charge in [-0.1, -0.05) is 12.1 Å². The fraction of sp³-hybridized carbons (Fsp3) is 0.294. The molecule has 1 amide bonds. The fourth-order valence-corrected chi connectivity index (χ4v) is 2.69. The van der Waals surface area contributed by atoms with E-state index in [1.807, 2.05) is 18.2 Å². The Morgan fingerprint density at radius 1 is 1.00 bits per heavy atom. The summed E-state index contributed by atoms with van der Waals surface area (Å²) in [6.45, 7) is 2.10. The molecule has 2 aromatic rings. The summed E-state index contributed by atoms with van der Waals surface area (Å²) in [6.07, 6.45) is -2.75. The van der Waals surface area contributed by atoms with Crippen molar-refractivity contribution in [2.45, 2.75) is 6.18 Å². The first kappa shape index (κ1) is 16.3. The Morgan fingerprint density at radius 2 is 1.75 bits per heavy atom. The summed E-state index contributed by atoms with van der Waals surface area (Å²) < 4.78 is 38.3. The predicted octanol–water partition coefficient (Wildman–Crippen LogP) is 3.06. The minimum Gasteiger partial charge on any atom is -0.353 e. The average Bonchev–Trinajstić information content (AvgIpc) is 2.61. The normalized spacial score (nSPS) is 15.5. The number of nitrogens with zero attached hydrogens (tertiary/aromatic N) is 3. The fourth-order valence-electron chi connectivity index (χ4n) is 2.69. The SMILES string of the molecule is O=C(c1cccc(C(F)(F)F)c1)N1CCN(c2ccccn2)CC1. The number of hydrogen-bond acceptors (Lipinski definition) is 3. The van der Waals surface area contributed by atoms with Crippen molar-refractivity contribution in [1.29, 1.82) is 0 Å². The summed E-state index contributed by atoms with van der Waals surface area (Å²) in [7, 11) is 0. The Bertz CT molecular complexity index is 711. The van der Waals surface area contributed by atoms with Gasteiger partial charge < -0.3 is 9.80 Å². The monoisotopic (exact) mass is 335 g/mol. The zero-order chi connectivity index (χ0) is 17.2. The van der Waals surface area contributed by atoms with Gasteiger partial charge in [-0.25, -0.2) is 4.98 Å². The first-order valence-electron chi connectivity index (χ1n) is 7.58. The summed E-state index contributed by atoms with van der Waals surface area (Å²) >= 11 is 0. The second-order valence-corrected chi connectivity index (χ2v) is 5.55. The maximum Gasteiger partial charge on any atom is 0.416 e. The van der Waals surface area contributed by atoms with Crippen LogP contribution in [0.2, 0.25) is 0 Å². The van der Waals surface area contributed by atoms with Gasteiger partial charge >= 0.3 is 6.18 Å². The zero-order valence-electron chi connectivity index (χ0n) is 12.8. The highest BCUT2D eigenvalue weighted by atomic mass is 19.4. The number of pyridine rings is 1. The highest BCUT2D eigenvalue weighted by Gasteiger charge is 2.31. The van der Waals surface area contributed by atoms with Crippen LogP contribution in [0.4, 0.5) is 19.0 Å². The Labute approximate surface area is 137 Å². The van der Waals surface area contributed by atoms with Gasteiger partial charge in [-0.3, -0.25) is 4.79 Å². The molecule has 0 N–H and O–H groups in total. The van der Waals surface area contributed by atoms with Crippen LogP contribution in [0.5, 0.6) is 0 Å². The molecule has 1 aliphatic heterocycles. The first-order chi connectivity index (χ1) is 11.4. The van der Waals surface area contributed by atoms with Crippen molar-refractivity contribution in [3.63, 3.8) is 0 Å². The summed E-state index contributed by atoms with van der Waals surface area (Å²) in [4.78, 5) is 20.3. The maximum absolute atomic E-state index is 12.8. The number of carbonyl (C=O) groups is 1. The molecule has 7 heteroatoms. The molecule has 1 saturated heterocycles. The minimum absolute atomic E-state index is 0.0658. The van der Waals surface area contributed by atoms with E-state index in [2.05, 4.69) is 9.88 Å². The van der Waals surface area contributed by atoms with Crippen LogP contribution in [0.1, 0.15) is 15.9 Å². The molecule has 0 unspecified atom stereocenters. The molecular formula is C17H16F3N3O. The third-order valence-electron chi connectivity index (χ3n) is 3.98. The van der Waals surface area contributed by atoms with E-state index in [1.165, 1.54) is 12.1 Å². The van der Waals surface area contributed by atoms with Crippen molar-refractivity contribution < 1.29 is 18.0 Å². The number of piperazine rings is 1. The van der Waals surface area contributed by atoms with Gasteiger partial charge in [0.25, 0.3) is 5.91 Å². The number of alkyl halides is 3. The number of anilines is 1. The van der Waals surface area contributed by atoms with Crippen LogP contribution < -0.4 is 4.90 Å². The molecule has 1 aliphatic rings. The van der Waals surface area contributed by atoms with E-state index < -0.39 is 11.7 Å². The third-order valence-corrected chi connectivity index (χ3v) is 3.98. The summed E-state index contributed by atoms with van der Waals surface area (Å²) in [5, 5.41) is 0. The summed E-state index contributed by atoms with van der Waals surface area (Å²) in [5.74, 6) is 0.463. The van der Waals surface area contributed by atoms with E-state index in [0.717, 1.165) is 18.0 Å². The second-order valence-electron chi connectivity index (χ2n) is 5.55. The predicted molar refractivity (Wildman–Crippen MR) is 83.8 cm³/mol. The minimum atomic E-state index is -4.45. The Balaban J connectivity index is 1.67. The number of rotatable bonds is 2. The summed E-state index contributed by atoms with van der Waals surface area (Å²) in [5.41, 5.74) is -0.739. The van der Waals surface area contributed by atoms with Gasteiger partial charge in [0.2, 0.25) is 0 Å². The van der Waals surface area contributed by atoms with Gasteiger partial charge in [0, 0.05) is 37.9 Å². The molecule has 4 nitrogen and oxygen atoms in total. The molecule has 3 rings (SSSR count). The van der Waals surface area contributed by atoms with Gasteiger partial charge in [-0.2, -0.15) is 13.2 Å². The van der Waals surface area contributed by atoms with Crippen molar-refractivity contribution in [2.24, 2.45) is 0 Å². The lowest BCUT2D eigenvalue weighted by Crippen LogP contribution is -2.49. The molecule has 24 heavy (non-hydrogen) atoms. The van der Waals surface area contributed by atoms with Crippen LogP contribution in [0.25, 0.3) is 0 Å². The van der Waals surface area contributed by atoms with Crippen LogP contribution in [0.15, 0.2) is 48.7 Å². The van der Waals surface area contributed by atoms with Crippen molar-refractivity contribution in [1.82, 2.24) is 9.88 Å². The molecule has 0 saturated carbocycles. The van der Waals surface area contributed by atoms with Gasteiger partial charge in [-0.05, 0) is 30.3 Å². The van der Waals surface area contributed by atoms with E-state index in [4.69, 9.17) is 0 Å². The van der Waals surface area contributed by atoms with E-state index in [-0.39, 0.29) is 11.5 Å². The lowest BCUT2D eigenvalue weighted by Gasteiger charge is -2.35. The van der Waals surface area contributed by atoms with E-state index in [1.54, 1.807) is 11.1 Å². The van der Waals surface area contributed by atoms with Crippen molar-refractivity contribution in [3.05, 3.63) is 59.8 Å². The molecule has 0 bridgehead atoms. The molecule has 1 aromatic carbocycles. The van der Waals surface area contributed by atoms with Gasteiger partial charge in [0.1, 0.15) is 5.82 Å². The highest BCUT2D eigenvalue weighted by molar-refractivity contribution is 5.94. The van der Waals surface area contributed by atoms with Crippen LogP contribution in [0, 0.1) is 0 Å². The smallest absolute Gasteiger partial charge is 0.353 e. The lowest BCUT2D eigenvalue weighted by atomic mass is 10.1. The highest BCUT2D eigenvalue weighted by Crippen LogP contribution is 2.29. The van der Waals surface area contributed by atoms with Crippen LogP contribution in [-0.2, 0) is 6.18 Å². The molecule has 1 aromatic heterocycles. The largest absolute Gasteiger partial charge is 0.416 e. The zero-order valence-corrected chi connectivity index (χ0v) is 12.8. The van der Waals surface area contributed by atoms with E-state index in [9.17, 15) is 18.0 Å². The Hall–Kier alpha value is -2.57. The third kappa shape index (κ3) is 3.50. The first-order valence-corrected chi connectivity index (χ1v) is 7.58. The number of amides is 1. The van der Waals surface area contributed by atoms with Gasteiger partial charge in [-0.15, -0.1) is 0 Å². The van der Waals surface area contributed by atoms with Gasteiger partial charge in [0.15, 0.2) is 0 Å². The van der Waals surface area contributed by atoms with Crippen molar-refractivity contribution in [3.8, 4) is 0 Å².